The Hall–Kier alpha value is -2.50. The van der Waals surface area contributed by atoms with Crippen LogP contribution in [0.5, 0.6) is 0 Å². The number of hydrazine groups is 1. The van der Waals surface area contributed by atoms with Gasteiger partial charge in [0.05, 0.1) is 10.6 Å². The van der Waals surface area contributed by atoms with Gasteiger partial charge >= 0.3 is 0 Å². The number of hydrogen-bond acceptors (Lipinski definition) is 7. The van der Waals surface area contributed by atoms with Crippen molar-refractivity contribution in [3.8, 4) is 6.07 Å². The number of unbranched alkanes of at least 4 members (excludes halogenated alkanes) is 2. The summed E-state index contributed by atoms with van der Waals surface area (Å²) in [6.45, 7) is 19.2. The topological polar surface area (TPSA) is 80.5 Å². The summed E-state index contributed by atoms with van der Waals surface area (Å²) < 4.78 is 0. The molecule has 2 heterocycles. The zero-order valence-corrected chi connectivity index (χ0v) is 28.1. The summed E-state index contributed by atoms with van der Waals surface area (Å²) in [6.07, 6.45) is 11.4. The molecule has 0 aliphatic carbocycles. The molecule has 0 saturated carbocycles. The Morgan fingerprint density at radius 1 is 0.976 bits per heavy atom. The molecule has 41 heavy (non-hydrogen) atoms. The van der Waals surface area contributed by atoms with Gasteiger partial charge < -0.3 is 4.90 Å². The van der Waals surface area contributed by atoms with E-state index in [1.807, 2.05) is 12.1 Å². The number of amides is 2. The van der Waals surface area contributed by atoms with Crippen molar-refractivity contribution in [3.05, 3.63) is 27.3 Å². The quantitative estimate of drug-likeness (QED) is 0.155. The van der Waals surface area contributed by atoms with Gasteiger partial charge in [-0.2, -0.15) is 5.26 Å². The predicted octanol–water partition coefficient (Wildman–Crippen LogP) is 7.75. The molecule has 1 aliphatic rings. The maximum atomic E-state index is 13.6. The molecule has 0 spiro atoms. The highest BCUT2D eigenvalue weighted by Gasteiger charge is 2.38. The SMILES string of the molecule is CCCCC(CC)CN(CC(CC)CCCC)c1nc(C(C)(C)C)c(/C=C2\C(=O)N(N(C)C)C(=O)C(C#N)=C2C)s1. The van der Waals surface area contributed by atoms with Crippen LogP contribution in [0.25, 0.3) is 6.08 Å². The first-order chi connectivity index (χ1) is 19.3. The van der Waals surface area contributed by atoms with Gasteiger partial charge in [0.2, 0.25) is 0 Å². The van der Waals surface area contributed by atoms with Crippen LogP contribution < -0.4 is 4.90 Å². The van der Waals surface area contributed by atoms with Gasteiger partial charge in [0.1, 0.15) is 11.6 Å². The Balaban J connectivity index is 2.69. The molecular weight excluding hydrogens is 530 g/mol. The molecule has 2 rings (SSSR count). The zero-order valence-electron chi connectivity index (χ0n) is 27.3. The maximum absolute atomic E-state index is 13.6. The van der Waals surface area contributed by atoms with Crippen LogP contribution in [0.4, 0.5) is 5.13 Å². The molecule has 7 nitrogen and oxygen atoms in total. The molecule has 2 amide bonds. The standard InChI is InChI=1S/C33H53N5O2S/c1-11-15-17-24(13-3)21-37(22-25(14-4)18-16-12-2)32-35-29(33(6,7)8)28(41-32)19-26-23(5)27(20-34)31(40)38(30(26)39)36(9)10/h19,24-25H,11-18,21-22H2,1-10H3/b26-19-. The van der Waals surface area contributed by atoms with Gasteiger partial charge in [0, 0.05) is 38.2 Å². The van der Waals surface area contributed by atoms with Crippen LogP contribution in [0.3, 0.4) is 0 Å². The molecule has 1 aromatic rings. The smallest absolute Gasteiger partial charge is 0.286 e. The van der Waals surface area contributed by atoms with Crippen LogP contribution in [-0.2, 0) is 15.0 Å². The van der Waals surface area contributed by atoms with E-state index in [1.54, 1.807) is 32.4 Å². The molecule has 8 heteroatoms. The van der Waals surface area contributed by atoms with Crippen molar-refractivity contribution < 1.29 is 9.59 Å². The van der Waals surface area contributed by atoms with Crippen molar-refractivity contribution in [3.63, 3.8) is 0 Å². The second-order valence-corrected chi connectivity index (χ2v) is 13.6. The number of nitriles is 1. The van der Waals surface area contributed by atoms with Gasteiger partial charge in [-0.1, -0.05) is 98.3 Å². The van der Waals surface area contributed by atoms with Crippen LogP contribution in [-0.4, -0.2) is 54.0 Å². The molecule has 228 valence electrons. The van der Waals surface area contributed by atoms with E-state index in [2.05, 4.69) is 53.4 Å². The van der Waals surface area contributed by atoms with Crippen molar-refractivity contribution in [1.29, 1.82) is 5.26 Å². The minimum Gasteiger partial charge on any atom is -0.348 e. The lowest BCUT2D eigenvalue weighted by Crippen LogP contribution is -2.50. The maximum Gasteiger partial charge on any atom is 0.286 e. The van der Waals surface area contributed by atoms with Crippen molar-refractivity contribution in [2.75, 3.05) is 32.1 Å². The second-order valence-electron chi connectivity index (χ2n) is 12.6. The van der Waals surface area contributed by atoms with E-state index < -0.39 is 11.8 Å². The normalized spacial score (nSPS) is 17.0. The Labute approximate surface area is 253 Å². The lowest BCUT2D eigenvalue weighted by atomic mass is 9.89. The van der Waals surface area contributed by atoms with Crippen LogP contribution in [0.2, 0.25) is 0 Å². The first-order valence-electron chi connectivity index (χ1n) is 15.5. The number of nitrogens with zero attached hydrogens (tertiary/aromatic N) is 5. The molecule has 0 bridgehead atoms. The summed E-state index contributed by atoms with van der Waals surface area (Å²) in [5.74, 6) is 0.204. The molecular formula is C33H53N5O2S. The zero-order chi connectivity index (χ0) is 30.9. The third kappa shape index (κ3) is 8.75. The van der Waals surface area contributed by atoms with Crippen LogP contribution >= 0.6 is 11.3 Å². The third-order valence-electron chi connectivity index (χ3n) is 8.06. The molecule has 1 aromatic heterocycles. The third-order valence-corrected chi connectivity index (χ3v) is 9.13. The average Bonchev–Trinajstić information content (AvgIpc) is 3.35. The number of carbonyl (C=O) groups excluding carboxylic acids is 2. The minimum atomic E-state index is -0.584. The highest BCUT2D eigenvalue weighted by Crippen LogP contribution is 2.38. The second kappa shape index (κ2) is 15.7. The summed E-state index contributed by atoms with van der Waals surface area (Å²) in [6, 6.07) is 2.03. The van der Waals surface area contributed by atoms with Gasteiger partial charge in [-0.15, -0.1) is 0 Å². The van der Waals surface area contributed by atoms with Crippen LogP contribution in [0, 0.1) is 23.2 Å². The summed E-state index contributed by atoms with van der Waals surface area (Å²) in [4.78, 5) is 35.1. The van der Waals surface area contributed by atoms with E-state index in [4.69, 9.17) is 4.98 Å². The molecule has 0 radical (unpaired) electrons. The minimum absolute atomic E-state index is 0.00310. The summed E-state index contributed by atoms with van der Waals surface area (Å²) >= 11 is 1.63. The molecule has 0 fully saturated rings. The first kappa shape index (κ1) is 34.7. The number of carbonyl (C=O) groups is 2. The fraction of sp³-hybridized carbons (Fsp3) is 0.697. The molecule has 2 atom stereocenters. The van der Waals surface area contributed by atoms with Gasteiger partial charge in [-0.25, -0.2) is 15.0 Å². The number of hydrogen-bond donors (Lipinski definition) is 0. The van der Waals surface area contributed by atoms with Gasteiger partial charge in [0.15, 0.2) is 5.13 Å². The van der Waals surface area contributed by atoms with E-state index in [0.29, 0.717) is 23.0 Å². The van der Waals surface area contributed by atoms with Crippen LogP contribution in [0.1, 0.15) is 117 Å². The lowest BCUT2D eigenvalue weighted by Gasteiger charge is -2.31. The molecule has 2 unspecified atom stereocenters. The van der Waals surface area contributed by atoms with Gasteiger partial charge in [-0.05, 0) is 43.3 Å². The fourth-order valence-corrected chi connectivity index (χ4v) is 6.58. The Bertz CT molecular complexity index is 1130. The van der Waals surface area contributed by atoms with E-state index >= 15 is 0 Å². The Morgan fingerprint density at radius 2 is 1.51 bits per heavy atom. The van der Waals surface area contributed by atoms with Crippen LogP contribution in [0.15, 0.2) is 16.7 Å². The van der Waals surface area contributed by atoms with E-state index in [0.717, 1.165) is 46.6 Å². The molecule has 0 N–H and O–H groups in total. The van der Waals surface area contributed by atoms with Crippen molar-refractivity contribution in [2.45, 2.75) is 112 Å². The lowest BCUT2D eigenvalue weighted by molar-refractivity contribution is -0.155. The Kier molecular flexibility index (Phi) is 13.2. The molecule has 1 aliphatic heterocycles. The predicted molar refractivity (Wildman–Crippen MR) is 171 cm³/mol. The highest BCUT2D eigenvalue weighted by molar-refractivity contribution is 7.16. The molecule has 0 saturated heterocycles. The Morgan fingerprint density at radius 3 is 1.93 bits per heavy atom. The van der Waals surface area contributed by atoms with Gasteiger partial charge in [-0.3, -0.25) is 9.59 Å². The largest absolute Gasteiger partial charge is 0.348 e. The van der Waals surface area contributed by atoms with Gasteiger partial charge in [0.25, 0.3) is 11.8 Å². The van der Waals surface area contributed by atoms with Crippen molar-refractivity contribution in [1.82, 2.24) is 15.0 Å². The number of anilines is 1. The monoisotopic (exact) mass is 583 g/mol. The number of aromatic nitrogens is 1. The molecule has 0 aromatic carbocycles. The van der Waals surface area contributed by atoms with E-state index in [-0.39, 0.29) is 11.0 Å². The summed E-state index contributed by atoms with van der Waals surface area (Å²) in [7, 11) is 3.27. The number of rotatable bonds is 15. The average molecular weight is 584 g/mol. The first-order valence-corrected chi connectivity index (χ1v) is 16.3. The summed E-state index contributed by atoms with van der Waals surface area (Å²) in [5.41, 5.74) is 1.47. The van der Waals surface area contributed by atoms with E-state index in [1.165, 1.54) is 43.5 Å². The summed E-state index contributed by atoms with van der Waals surface area (Å²) in [5, 5.41) is 13.3. The van der Waals surface area contributed by atoms with Crippen molar-refractivity contribution in [2.24, 2.45) is 11.8 Å². The number of imide groups is 1. The van der Waals surface area contributed by atoms with Crippen molar-refractivity contribution >= 4 is 34.4 Å². The highest BCUT2D eigenvalue weighted by atomic mass is 32.1. The number of thiazole rings is 1. The fourth-order valence-electron chi connectivity index (χ4n) is 5.34. The van der Waals surface area contributed by atoms with E-state index in [9.17, 15) is 14.9 Å².